The normalized spacial score (nSPS) is 11.5. The number of alkyl halides is 1. The maximum absolute atomic E-state index is 5.58. The van der Waals surface area contributed by atoms with Gasteiger partial charge in [0.05, 0.1) is 6.26 Å². The molecular weight excluding hydrogens is 196 g/mol. The summed E-state index contributed by atoms with van der Waals surface area (Å²) in [7, 11) is 0. The molecule has 0 atom stereocenters. The highest BCUT2D eigenvalue weighted by Gasteiger charge is 1.95. The zero-order chi connectivity index (χ0) is 9.80. The lowest BCUT2D eigenvalue weighted by atomic mass is 10.1. The van der Waals surface area contributed by atoms with E-state index in [1.807, 2.05) is 18.2 Å². The third-order valence-electron chi connectivity index (χ3n) is 2.06. The third kappa shape index (κ3) is 1.99. The number of rotatable bonds is 3. The van der Waals surface area contributed by atoms with E-state index in [0.29, 0.717) is 5.88 Å². The van der Waals surface area contributed by atoms with Crippen molar-refractivity contribution in [2.45, 2.75) is 6.42 Å². The molecule has 1 aromatic carbocycles. The molecule has 0 aliphatic heterocycles. The summed E-state index contributed by atoms with van der Waals surface area (Å²) in [6, 6.07) is 8.09. The van der Waals surface area contributed by atoms with E-state index < -0.39 is 0 Å². The Balaban J connectivity index is 2.25. The van der Waals surface area contributed by atoms with Crippen LogP contribution in [0.5, 0.6) is 0 Å². The molecule has 0 amide bonds. The molecule has 72 valence electrons. The second-order valence-electron chi connectivity index (χ2n) is 3.10. The van der Waals surface area contributed by atoms with Crippen molar-refractivity contribution >= 4 is 28.6 Å². The summed E-state index contributed by atoms with van der Waals surface area (Å²) in [6.45, 7) is 0. The highest BCUT2D eigenvalue weighted by molar-refractivity contribution is 6.17. The van der Waals surface area contributed by atoms with Crippen molar-refractivity contribution in [1.29, 1.82) is 0 Å². The van der Waals surface area contributed by atoms with Gasteiger partial charge in [-0.05, 0) is 30.2 Å². The molecule has 1 aromatic heterocycles. The van der Waals surface area contributed by atoms with Crippen molar-refractivity contribution in [3.63, 3.8) is 0 Å². The second kappa shape index (κ2) is 4.34. The molecule has 0 spiro atoms. The Labute approximate surface area is 88.0 Å². The first-order valence-electron chi connectivity index (χ1n) is 4.60. The maximum Gasteiger partial charge on any atom is 0.133 e. The molecule has 2 rings (SSSR count). The Bertz CT molecular complexity index is 442. The van der Waals surface area contributed by atoms with E-state index in [2.05, 4.69) is 18.2 Å². The van der Waals surface area contributed by atoms with Crippen LogP contribution in [0.1, 0.15) is 12.0 Å². The van der Waals surface area contributed by atoms with E-state index in [-0.39, 0.29) is 0 Å². The van der Waals surface area contributed by atoms with Gasteiger partial charge < -0.3 is 4.42 Å². The van der Waals surface area contributed by atoms with Gasteiger partial charge in [0.15, 0.2) is 0 Å². The summed E-state index contributed by atoms with van der Waals surface area (Å²) < 4.78 is 5.25. The molecule has 0 fully saturated rings. The van der Waals surface area contributed by atoms with Crippen LogP contribution in [0.25, 0.3) is 17.0 Å². The smallest absolute Gasteiger partial charge is 0.133 e. The fourth-order valence-corrected chi connectivity index (χ4v) is 1.50. The summed E-state index contributed by atoms with van der Waals surface area (Å²) in [5.41, 5.74) is 2.11. The molecule has 1 heterocycles. The lowest BCUT2D eigenvalue weighted by Crippen LogP contribution is -1.72. The average Bonchev–Trinajstić information content (AvgIpc) is 2.65. The summed E-state index contributed by atoms with van der Waals surface area (Å²) in [4.78, 5) is 0. The van der Waals surface area contributed by atoms with Gasteiger partial charge in [-0.15, -0.1) is 11.6 Å². The number of fused-ring (bicyclic) bond motifs is 1. The topological polar surface area (TPSA) is 13.1 Å². The molecule has 0 aliphatic carbocycles. The van der Waals surface area contributed by atoms with Crippen LogP contribution in [0.15, 0.2) is 41.0 Å². The van der Waals surface area contributed by atoms with Gasteiger partial charge in [0.1, 0.15) is 5.58 Å². The predicted octanol–water partition coefficient (Wildman–Crippen LogP) is 4.07. The van der Waals surface area contributed by atoms with Crippen LogP contribution in [-0.2, 0) is 0 Å². The minimum absolute atomic E-state index is 0.671. The Hall–Kier alpha value is -1.21. The summed E-state index contributed by atoms with van der Waals surface area (Å²) in [5.74, 6) is 0.671. The van der Waals surface area contributed by atoms with Crippen LogP contribution in [0.4, 0.5) is 0 Å². The number of hydrogen-bond donors (Lipinski definition) is 0. The van der Waals surface area contributed by atoms with Gasteiger partial charge >= 0.3 is 0 Å². The first-order valence-corrected chi connectivity index (χ1v) is 5.13. The van der Waals surface area contributed by atoms with Gasteiger partial charge in [-0.25, -0.2) is 0 Å². The molecule has 0 radical (unpaired) electrons. The van der Waals surface area contributed by atoms with Crippen LogP contribution in [0, 0.1) is 0 Å². The Morgan fingerprint density at radius 3 is 3.07 bits per heavy atom. The van der Waals surface area contributed by atoms with Crippen LogP contribution >= 0.6 is 11.6 Å². The fraction of sp³-hybridized carbons (Fsp3) is 0.167. The third-order valence-corrected chi connectivity index (χ3v) is 2.28. The molecule has 0 N–H and O–H groups in total. The lowest BCUT2D eigenvalue weighted by Gasteiger charge is -1.92. The van der Waals surface area contributed by atoms with Crippen molar-refractivity contribution in [2.75, 3.05) is 5.88 Å². The number of hydrogen-bond acceptors (Lipinski definition) is 1. The largest absolute Gasteiger partial charge is 0.464 e. The van der Waals surface area contributed by atoms with E-state index in [1.54, 1.807) is 6.26 Å². The van der Waals surface area contributed by atoms with Crippen LogP contribution in [0.2, 0.25) is 0 Å². The van der Waals surface area contributed by atoms with Gasteiger partial charge in [-0.3, -0.25) is 0 Å². The molecule has 0 bridgehead atoms. The van der Waals surface area contributed by atoms with E-state index in [9.17, 15) is 0 Å². The average molecular weight is 207 g/mol. The van der Waals surface area contributed by atoms with Crippen molar-refractivity contribution in [3.8, 4) is 0 Å². The van der Waals surface area contributed by atoms with Crippen molar-refractivity contribution < 1.29 is 4.42 Å². The van der Waals surface area contributed by atoms with Crippen molar-refractivity contribution in [2.24, 2.45) is 0 Å². The zero-order valence-electron chi connectivity index (χ0n) is 7.74. The maximum atomic E-state index is 5.58. The van der Waals surface area contributed by atoms with E-state index in [4.69, 9.17) is 16.0 Å². The van der Waals surface area contributed by atoms with E-state index in [1.165, 1.54) is 5.56 Å². The zero-order valence-corrected chi connectivity index (χ0v) is 8.50. The highest BCUT2D eigenvalue weighted by atomic mass is 35.5. The quantitative estimate of drug-likeness (QED) is 0.690. The van der Waals surface area contributed by atoms with Gasteiger partial charge in [0.25, 0.3) is 0 Å². The molecule has 1 nitrogen and oxygen atoms in total. The molecule has 0 saturated carbocycles. The van der Waals surface area contributed by atoms with Gasteiger partial charge in [0.2, 0.25) is 0 Å². The first kappa shape index (κ1) is 9.35. The predicted molar refractivity (Wildman–Crippen MR) is 60.6 cm³/mol. The minimum atomic E-state index is 0.671. The molecule has 0 unspecified atom stereocenters. The molecule has 14 heavy (non-hydrogen) atoms. The van der Waals surface area contributed by atoms with E-state index >= 15 is 0 Å². The van der Waals surface area contributed by atoms with Gasteiger partial charge in [-0.2, -0.15) is 0 Å². The SMILES string of the molecule is ClCCC=Cc1ccc2occc2c1. The Morgan fingerprint density at radius 2 is 2.21 bits per heavy atom. The number of allylic oxidation sites excluding steroid dienone is 1. The van der Waals surface area contributed by atoms with Crippen LogP contribution in [-0.4, -0.2) is 5.88 Å². The van der Waals surface area contributed by atoms with Crippen LogP contribution < -0.4 is 0 Å². The Kier molecular flexibility index (Phi) is 2.90. The number of benzene rings is 1. The Morgan fingerprint density at radius 1 is 1.29 bits per heavy atom. The molecular formula is C12H11ClO. The first-order chi connectivity index (χ1) is 6.90. The summed E-state index contributed by atoms with van der Waals surface area (Å²) >= 11 is 5.58. The van der Waals surface area contributed by atoms with Crippen molar-refractivity contribution in [3.05, 3.63) is 42.2 Å². The standard InChI is InChI=1S/C12H11ClO/c13-7-2-1-3-10-4-5-12-11(9-10)6-8-14-12/h1,3-6,8-9H,2,7H2. The number of halogens is 1. The van der Waals surface area contributed by atoms with Gasteiger partial charge in [0, 0.05) is 11.3 Å². The van der Waals surface area contributed by atoms with Crippen molar-refractivity contribution in [1.82, 2.24) is 0 Å². The van der Waals surface area contributed by atoms with Gasteiger partial charge in [-0.1, -0.05) is 18.2 Å². The molecule has 0 aliphatic rings. The monoisotopic (exact) mass is 206 g/mol. The number of furan rings is 1. The van der Waals surface area contributed by atoms with Crippen LogP contribution in [0.3, 0.4) is 0 Å². The summed E-state index contributed by atoms with van der Waals surface area (Å²) in [6.07, 6.45) is 6.77. The van der Waals surface area contributed by atoms with E-state index in [0.717, 1.165) is 17.4 Å². The molecule has 0 saturated heterocycles. The minimum Gasteiger partial charge on any atom is -0.464 e. The summed E-state index contributed by atoms with van der Waals surface area (Å²) in [5, 5.41) is 1.14. The fourth-order valence-electron chi connectivity index (χ4n) is 1.37. The highest BCUT2D eigenvalue weighted by Crippen LogP contribution is 2.17. The molecule has 2 heteroatoms. The second-order valence-corrected chi connectivity index (χ2v) is 3.48. The molecule has 2 aromatic rings. The lowest BCUT2D eigenvalue weighted by molar-refractivity contribution is 0.616.